The Morgan fingerprint density at radius 2 is 1.91 bits per heavy atom. The van der Waals surface area contributed by atoms with Crippen molar-refractivity contribution in [3.05, 3.63) is 66.1 Å². The third kappa shape index (κ3) is 6.00. The van der Waals surface area contributed by atoms with E-state index in [9.17, 15) is 8.42 Å². The fraction of sp³-hybridized carbons (Fsp3) is 0.261. The molecule has 178 valence electrons. The van der Waals surface area contributed by atoms with Gasteiger partial charge in [-0.05, 0) is 48.4 Å². The Balaban J connectivity index is 1.49. The molecule has 34 heavy (non-hydrogen) atoms. The van der Waals surface area contributed by atoms with Gasteiger partial charge in [0.2, 0.25) is 5.88 Å². The van der Waals surface area contributed by atoms with E-state index in [1.807, 2.05) is 36.4 Å². The van der Waals surface area contributed by atoms with Crippen molar-refractivity contribution in [1.29, 1.82) is 0 Å². The number of aromatic amines is 1. The molecule has 0 aliphatic rings. The second-order valence-electron chi connectivity index (χ2n) is 7.40. The molecule has 0 bridgehead atoms. The molecule has 0 saturated heterocycles. The van der Waals surface area contributed by atoms with Crippen molar-refractivity contribution in [3.63, 3.8) is 0 Å². The highest BCUT2D eigenvalue weighted by molar-refractivity contribution is 7.85. The van der Waals surface area contributed by atoms with Gasteiger partial charge in [0.05, 0.1) is 17.5 Å². The monoisotopic (exact) mass is 483 g/mol. The van der Waals surface area contributed by atoms with Crippen molar-refractivity contribution in [2.75, 3.05) is 24.8 Å². The van der Waals surface area contributed by atoms with E-state index in [1.54, 1.807) is 18.5 Å². The maximum atomic E-state index is 11.1. The molecule has 4 rings (SSSR count). The van der Waals surface area contributed by atoms with Crippen molar-refractivity contribution in [1.82, 2.24) is 20.2 Å². The number of aryl methyl sites for hydroxylation is 1. The van der Waals surface area contributed by atoms with Gasteiger partial charge in [0, 0.05) is 18.1 Å². The van der Waals surface area contributed by atoms with Crippen molar-refractivity contribution in [3.8, 4) is 11.6 Å². The van der Waals surface area contributed by atoms with Crippen molar-refractivity contribution in [2.45, 2.75) is 20.0 Å². The number of hydrogen-bond acceptors (Lipinski definition) is 9. The van der Waals surface area contributed by atoms with Gasteiger partial charge < -0.3 is 14.8 Å². The predicted octanol–water partition coefficient (Wildman–Crippen LogP) is 3.59. The number of fused-ring (bicyclic) bond motifs is 1. The first kappa shape index (κ1) is 23.5. The highest BCUT2D eigenvalue weighted by atomic mass is 32.2. The zero-order chi connectivity index (χ0) is 24.0. The Labute approximate surface area is 197 Å². The molecule has 0 atom stereocenters. The lowest BCUT2D eigenvalue weighted by molar-refractivity contribution is 0.218. The topological polar surface area (TPSA) is 128 Å². The molecule has 1 aromatic carbocycles. The number of anilines is 2. The molecule has 0 fully saturated rings. The van der Waals surface area contributed by atoms with Crippen LogP contribution in [0.15, 0.2) is 54.9 Å². The lowest BCUT2D eigenvalue weighted by Gasteiger charge is -2.13. The predicted molar refractivity (Wildman–Crippen MR) is 128 cm³/mol. The summed E-state index contributed by atoms with van der Waals surface area (Å²) in [5.41, 5.74) is 3.45. The summed E-state index contributed by atoms with van der Waals surface area (Å²) in [4.78, 5) is 8.73. The summed E-state index contributed by atoms with van der Waals surface area (Å²) in [5.74, 6) is 1.64. The summed E-state index contributed by atoms with van der Waals surface area (Å²) in [5, 5.41) is 11.0. The molecule has 4 aromatic rings. The van der Waals surface area contributed by atoms with E-state index < -0.39 is 10.1 Å². The molecule has 0 radical (unpaired) electrons. The molecular formula is C23H25N5O5S. The average molecular weight is 484 g/mol. The van der Waals surface area contributed by atoms with E-state index >= 15 is 0 Å². The molecule has 2 N–H and O–H groups in total. The SMILES string of the molecule is CCc1cc(Nc2nccc3[nH]nc(OCCOS(C)(=O)=O)c23)ccc1OCc1ccccn1. The smallest absolute Gasteiger partial charge is 0.264 e. The quantitative estimate of drug-likeness (QED) is 0.243. The molecular weight excluding hydrogens is 458 g/mol. The molecule has 0 aliphatic heterocycles. The third-order valence-corrected chi connectivity index (χ3v) is 5.46. The number of nitrogens with zero attached hydrogens (tertiary/aromatic N) is 3. The molecule has 0 aliphatic carbocycles. The van der Waals surface area contributed by atoms with Gasteiger partial charge in [0.25, 0.3) is 10.1 Å². The van der Waals surface area contributed by atoms with E-state index in [-0.39, 0.29) is 13.2 Å². The van der Waals surface area contributed by atoms with E-state index in [4.69, 9.17) is 13.7 Å². The fourth-order valence-electron chi connectivity index (χ4n) is 3.31. The highest BCUT2D eigenvalue weighted by Crippen LogP contribution is 2.32. The molecule has 0 saturated carbocycles. The van der Waals surface area contributed by atoms with Crippen LogP contribution in [0.25, 0.3) is 10.9 Å². The van der Waals surface area contributed by atoms with Crippen LogP contribution < -0.4 is 14.8 Å². The van der Waals surface area contributed by atoms with Crippen LogP contribution in [0, 0.1) is 0 Å². The highest BCUT2D eigenvalue weighted by Gasteiger charge is 2.14. The minimum atomic E-state index is -3.53. The number of nitrogens with one attached hydrogen (secondary N) is 2. The van der Waals surface area contributed by atoms with E-state index in [0.29, 0.717) is 23.7 Å². The number of rotatable bonds is 11. The maximum Gasteiger partial charge on any atom is 0.264 e. The third-order valence-electron chi connectivity index (χ3n) is 4.87. The maximum absolute atomic E-state index is 11.1. The largest absolute Gasteiger partial charge is 0.487 e. The molecule has 3 aromatic heterocycles. The van der Waals surface area contributed by atoms with Crippen molar-refractivity contribution in [2.24, 2.45) is 0 Å². The van der Waals surface area contributed by atoms with Gasteiger partial charge >= 0.3 is 0 Å². The van der Waals surface area contributed by atoms with Gasteiger partial charge in [-0.3, -0.25) is 14.3 Å². The number of aromatic nitrogens is 4. The van der Waals surface area contributed by atoms with Gasteiger partial charge in [0.1, 0.15) is 36.8 Å². The summed E-state index contributed by atoms with van der Waals surface area (Å²) in [7, 11) is -3.53. The summed E-state index contributed by atoms with van der Waals surface area (Å²) in [6, 6.07) is 13.3. The second kappa shape index (κ2) is 10.5. The van der Waals surface area contributed by atoms with Crippen molar-refractivity contribution >= 4 is 32.5 Å². The summed E-state index contributed by atoms with van der Waals surface area (Å²) >= 11 is 0. The van der Waals surface area contributed by atoms with Crippen LogP contribution >= 0.6 is 0 Å². The normalized spacial score (nSPS) is 11.5. The average Bonchev–Trinajstić information content (AvgIpc) is 3.25. The van der Waals surface area contributed by atoms with Gasteiger partial charge in [0.15, 0.2) is 0 Å². The van der Waals surface area contributed by atoms with E-state index in [1.165, 1.54) is 0 Å². The number of H-pyrrole nitrogens is 1. The van der Waals surface area contributed by atoms with Gasteiger partial charge in [-0.1, -0.05) is 13.0 Å². The Morgan fingerprint density at radius 3 is 2.68 bits per heavy atom. The van der Waals surface area contributed by atoms with Crippen LogP contribution in [0.3, 0.4) is 0 Å². The molecule has 0 unspecified atom stereocenters. The summed E-state index contributed by atoms with van der Waals surface area (Å²) in [6.07, 6.45) is 5.17. The Morgan fingerprint density at radius 1 is 1.03 bits per heavy atom. The molecule has 0 spiro atoms. The van der Waals surface area contributed by atoms with E-state index in [0.717, 1.165) is 40.9 Å². The lowest BCUT2D eigenvalue weighted by Crippen LogP contribution is -2.11. The van der Waals surface area contributed by atoms with Crippen LogP contribution in [0.4, 0.5) is 11.5 Å². The standard InChI is InChI=1S/C23H25N5O5S/c1-3-16-14-17(7-8-20(16)32-15-18-6-4-5-10-24-18)26-22-21-19(9-11-25-22)27-28-23(21)31-12-13-33-34(2,29)30/h4-11,14H,3,12-13,15H2,1-2H3,(H,25,26)(H,27,28). The summed E-state index contributed by atoms with van der Waals surface area (Å²) < 4.78 is 38.6. The molecule has 10 nitrogen and oxygen atoms in total. The zero-order valence-corrected chi connectivity index (χ0v) is 19.6. The fourth-order valence-corrected chi connectivity index (χ4v) is 3.68. The minimum Gasteiger partial charge on any atom is -0.487 e. The van der Waals surface area contributed by atoms with Crippen LogP contribution in [0.5, 0.6) is 11.6 Å². The number of pyridine rings is 2. The number of hydrogen-bond donors (Lipinski definition) is 2. The van der Waals surface area contributed by atoms with Crippen molar-refractivity contribution < 1.29 is 22.1 Å². The van der Waals surface area contributed by atoms with Gasteiger partial charge in [-0.15, -0.1) is 5.10 Å². The van der Waals surface area contributed by atoms with E-state index in [2.05, 4.69) is 32.4 Å². The van der Waals surface area contributed by atoms with Crippen LogP contribution in [-0.4, -0.2) is 48.1 Å². The number of benzene rings is 1. The Bertz CT molecular complexity index is 1360. The Kier molecular flexibility index (Phi) is 7.24. The molecule has 3 heterocycles. The molecule has 11 heteroatoms. The second-order valence-corrected chi connectivity index (χ2v) is 9.04. The first-order valence-corrected chi connectivity index (χ1v) is 12.5. The van der Waals surface area contributed by atoms with Crippen LogP contribution in [0.1, 0.15) is 18.2 Å². The first-order valence-electron chi connectivity index (χ1n) is 10.7. The minimum absolute atomic E-state index is 0.0175. The van der Waals surface area contributed by atoms with Crippen LogP contribution in [-0.2, 0) is 27.3 Å². The summed E-state index contributed by atoms with van der Waals surface area (Å²) in [6.45, 7) is 2.35. The molecule has 0 amide bonds. The Hall–Kier alpha value is -3.70. The van der Waals surface area contributed by atoms with Crippen LogP contribution in [0.2, 0.25) is 0 Å². The number of ether oxygens (including phenoxy) is 2. The van der Waals surface area contributed by atoms with Gasteiger partial charge in [-0.25, -0.2) is 4.98 Å². The first-order chi connectivity index (χ1) is 16.4. The lowest BCUT2D eigenvalue weighted by atomic mass is 10.1. The zero-order valence-electron chi connectivity index (χ0n) is 18.8. The van der Waals surface area contributed by atoms with Gasteiger partial charge in [-0.2, -0.15) is 8.42 Å².